The van der Waals surface area contributed by atoms with Crippen LogP contribution in [0.1, 0.15) is 39.5 Å². The third kappa shape index (κ3) is 5.06. The van der Waals surface area contributed by atoms with Gasteiger partial charge in [0.25, 0.3) is 5.91 Å². The Kier molecular flexibility index (Phi) is 8.46. The SMILES string of the molecule is COc1cc2c(c(OC)c1OC)-c1ccc(SC)c(=O)cc1C(NC(=O)c1cccc(CI)c1)CC2. The molecule has 1 aliphatic rings. The van der Waals surface area contributed by atoms with Gasteiger partial charge in [-0.3, -0.25) is 9.59 Å². The lowest BCUT2D eigenvalue weighted by molar-refractivity contribution is 0.0935. The van der Waals surface area contributed by atoms with Crippen molar-refractivity contribution < 1.29 is 19.0 Å². The number of fused-ring (bicyclic) bond motifs is 3. The van der Waals surface area contributed by atoms with Crippen LogP contribution in [0.4, 0.5) is 0 Å². The molecule has 1 amide bonds. The molecule has 4 rings (SSSR count). The zero-order valence-corrected chi connectivity index (χ0v) is 23.6. The van der Waals surface area contributed by atoms with Crippen molar-refractivity contribution in [3.8, 4) is 28.4 Å². The highest BCUT2D eigenvalue weighted by Gasteiger charge is 2.30. The number of methoxy groups -OCH3 is 3. The molecule has 1 aliphatic carbocycles. The van der Waals surface area contributed by atoms with Gasteiger partial charge in [-0.15, -0.1) is 11.8 Å². The van der Waals surface area contributed by atoms with Crippen molar-refractivity contribution >= 4 is 40.3 Å². The molecule has 3 aromatic carbocycles. The number of halogens is 1. The first kappa shape index (κ1) is 26.3. The highest BCUT2D eigenvalue weighted by molar-refractivity contribution is 14.1. The van der Waals surface area contributed by atoms with Crippen LogP contribution in [0.5, 0.6) is 17.2 Å². The lowest BCUT2D eigenvalue weighted by Crippen LogP contribution is -2.29. The average Bonchev–Trinajstić information content (AvgIpc) is 3.15. The Morgan fingerprint density at radius 3 is 2.50 bits per heavy atom. The molecule has 1 unspecified atom stereocenters. The lowest BCUT2D eigenvalue weighted by Gasteiger charge is -2.20. The van der Waals surface area contributed by atoms with Crippen molar-refractivity contribution in [1.82, 2.24) is 5.32 Å². The molecule has 0 aromatic heterocycles. The Morgan fingerprint density at radius 2 is 1.83 bits per heavy atom. The van der Waals surface area contributed by atoms with Gasteiger partial charge in [0.05, 0.1) is 32.3 Å². The second kappa shape index (κ2) is 11.6. The van der Waals surface area contributed by atoms with Crippen LogP contribution < -0.4 is 25.0 Å². The minimum atomic E-state index is -0.375. The third-order valence-electron chi connectivity index (χ3n) is 6.37. The van der Waals surface area contributed by atoms with Gasteiger partial charge in [0.15, 0.2) is 16.9 Å². The van der Waals surface area contributed by atoms with Gasteiger partial charge in [0, 0.05) is 15.6 Å². The van der Waals surface area contributed by atoms with E-state index in [1.54, 1.807) is 27.4 Å². The van der Waals surface area contributed by atoms with E-state index in [-0.39, 0.29) is 17.4 Å². The first-order valence-electron chi connectivity index (χ1n) is 11.5. The van der Waals surface area contributed by atoms with Crippen LogP contribution in [0, 0.1) is 0 Å². The number of thioether (sulfide) groups is 1. The number of nitrogens with one attached hydrogen (secondary N) is 1. The summed E-state index contributed by atoms with van der Waals surface area (Å²) in [5.74, 6) is 1.43. The summed E-state index contributed by atoms with van der Waals surface area (Å²) in [5.41, 5.74) is 5.01. The van der Waals surface area contributed by atoms with Crippen LogP contribution >= 0.6 is 34.4 Å². The number of amides is 1. The number of rotatable bonds is 7. The van der Waals surface area contributed by atoms with E-state index in [0.717, 1.165) is 32.2 Å². The standard InChI is InChI=1S/C28H28INO5S/c1-33-23-13-17-8-10-21(30-28(32)18-7-5-6-16(12-18)15-29)20-14-22(31)24(36-4)11-9-19(20)25(17)27(35-3)26(23)34-2/h5-7,9,11-14,21H,8,10,15H2,1-4H3,(H,30,32). The van der Waals surface area contributed by atoms with Gasteiger partial charge in [0.1, 0.15) is 0 Å². The minimum absolute atomic E-state index is 0.0854. The van der Waals surface area contributed by atoms with E-state index < -0.39 is 0 Å². The molecular formula is C28H28INO5S. The molecule has 0 bridgehead atoms. The highest BCUT2D eigenvalue weighted by atomic mass is 127. The number of benzene rings is 2. The molecule has 0 saturated heterocycles. The van der Waals surface area contributed by atoms with Gasteiger partial charge in [-0.25, -0.2) is 0 Å². The van der Waals surface area contributed by atoms with E-state index in [9.17, 15) is 9.59 Å². The maximum atomic E-state index is 13.3. The molecule has 1 atom stereocenters. The van der Waals surface area contributed by atoms with E-state index in [0.29, 0.717) is 40.5 Å². The Bertz CT molecular complexity index is 1360. The molecule has 0 fully saturated rings. The van der Waals surface area contributed by atoms with Crippen LogP contribution in [0.25, 0.3) is 11.1 Å². The summed E-state index contributed by atoms with van der Waals surface area (Å²) in [4.78, 5) is 27.1. The molecule has 0 spiro atoms. The monoisotopic (exact) mass is 617 g/mol. The van der Waals surface area contributed by atoms with Crippen molar-refractivity contribution in [3.05, 3.63) is 81.0 Å². The zero-order valence-electron chi connectivity index (χ0n) is 20.6. The first-order valence-corrected chi connectivity index (χ1v) is 14.2. The van der Waals surface area contributed by atoms with Crippen LogP contribution in [0.3, 0.4) is 0 Å². The van der Waals surface area contributed by atoms with Gasteiger partial charge in [0.2, 0.25) is 5.75 Å². The van der Waals surface area contributed by atoms with Gasteiger partial charge < -0.3 is 19.5 Å². The molecular weight excluding hydrogens is 589 g/mol. The fraction of sp³-hybridized carbons (Fsp3) is 0.286. The third-order valence-corrected chi connectivity index (χ3v) is 8.03. The quantitative estimate of drug-likeness (QED) is 0.205. The molecule has 0 heterocycles. The Labute approximate surface area is 228 Å². The summed E-state index contributed by atoms with van der Waals surface area (Å²) in [7, 11) is 4.76. The summed E-state index contributed by atoms with van der Waals surface area (Å²) in [5, 5.41) is 3.20. The van der Waals surface area contributed by atoms with Gasteiger partial charge in [-0.2, -0.15) is 0 Å². The van der Waals surface area contributed by atoms with Crippen LogP contribution in [0.2, 0.25) is 0 Å². The number of hydrogen-bond donors (Lipinski definition) is 1. The van der Waals surface area contributed by atoms with Crippen LogP contribution in [-0.4, -0.2) is 33.5 Å². The maximum Gasteiger partial charge on any atom is 0.251 e. The van der Waals surface area contributed by atoms with Crippen LogP contribution in [0.15, 0.2) is 58.2 Å². The fourth-order valence-corrected chi connectivity index (χ4v) is 5.59. The summed E-state index contributed by atoms with van der Waals surface area (Å²) in [6.45, 7) is 0. The second-order valence-electron chi connectivity index (χ2n) is 8.36. The lowest BCUT2D eigenvalue weighted by atomic mass is 9.95. The Hall–Kier alpha value is -2.72. The number of aryl methyl sites for hydroxylation is 1. The van der Waals surface area contributed by atoms with E-state index in [2.05, 4.69) is 27.9 Å². The van der Waals surface area contributed by atoms with E-state index in [4.69, 9.17) is 14.2 Å². The minimum Gasteiger partial charge on any atom is -0.493 e. The second-order valence-corrected chi connectivity index (χ2v) is 9.97. The zero-order chi connectivity index (χ0) is 25.8. The molecule has 36 heavy (non-hydrogen) atoms. The largest absolute Gasteiger partial charge is 0.493 e. The predicted molar refractivity (Wildman–Crippen MR) is 152 cm³/mol. The number of hydrogen-bond acceptors (Lipinski definition) is 6. The highest BCUT2D eigenvalue weighted by Crippen LogP contribution is 2.50. The van der Waals surface area contributed by atoms with Crippen molar-refractivity contribution in [3.63, 3.8) is 0 Å². The molecule has 3 aromatic rings. The Morgan fingerprint density at radius 1 is 1.06 bits per heavy atom. The van der Waals surface area contributed by atoms with Crippen molar-refractivity contribution in [2.75, 3.05) is 27.6 Å². The maximum absolute atomic E-state index is 13.3. The number of carbonyl (C=O) groups is 1. The molecule has 6 nitrogen and oxygen atoms in total. The predicted octanol–water partition coefficient (Wildman–Crippen LogP) is 5.81. The smallest absolute Gasteiger partial charge is 0.251 e. The summed E-state index contributed by atoms with van der Waals surface area (Å²) < 4.78 is 17.9. The summed E-state index contributed by atoms with van der Waals surface area (Å²) in [6, 6.07) is 14.6. The van der Waals surface area contributed by atoms with Crippen molar-refractivity contribution in [2.24, 2.45) is 0 Å². The number of ether oxygens (including phenoxy) is 3. The van der Waals surface area contributed by atoms with Crippen molar-refractivity contribution in [2.45, 2.75) is 28.2 Å². The number of carbonyl (C=O) groups excluding carboxylic acids is 1. The van der Waals surface area contributed by atoms with E-state index in [1.165, 1.54) is 11.8 Å². The summed E-state index contributed by atoms with van der Waals surface area (Å²) in [6.07, 6.45) is 3.13. The average molecular weight is 618 g/mol. The van der Waals surface area contributed by atoms with Crippen molar-refractivity contribution in [1.29, 1.82) is 0 Å². The number of alkyl halides is 1. The van der Waals surface area contributed by atoms with E-state index >= 15 is 0 Å². The van der Waals surface area contributed by atoms with Gasteiger partial charge in [-0.1, -0.05) is 40.8 Å². The first-order chi connectivity index (χ1) is 17.4. The van der Waals surface area contributed by atoms with Crippen LogP contribution in [-0.2, 0) is 10.8 Å². The Balaban J connectivity index is 1.91. The molecule has 8 heteroatoms. The normalized spacial score (nSPS) is 14.2. The van der Waals surface area contributed by atoms with E-state index in [1.807, 2.05) is 48.7 Å². The molecule has 1 N–H and O–H groups in total. The fourth-order valence-electron chi connectivity index (χ4n) is 4.65. The van der Waals surface area contributed by atoms with Gasteiger partial charge in [-0.05, 0) is 71.7 Å². The molecule has 188 valence electrons. The van der Waals surface area contributed by atoms with Gasteiger partial charge >= 0.3 is 0 Å². The summed E-state index contributed by atoms with van der Waals surface area (Å²) >= 11 is 3.68. The topological polar surface area (TPSA) is 73.9 Å². The molecule has 0 saturated carbocycles. The molecule has 0 aliphatic heterocycles. The molecule has 0 radical (unpaired) electrons.